The molecule has 0 aromatic heterocycles. The molecule has 3 saturated carbocycles. The van der Waals surface area contributed by atoms with Crippen LogP contribution in [0.25, 0.3) is 0 Å². The maximum atomic E-state index is 11.6. The summed E-state index contributed by atoms with van der Waals surface area (Å²) >= 11 is 0. The third-order valence-electron chi connectivity index (χ3n) is 4.73. The molecular formula is C11H16O. The minimum absolute atomic E-state index is 0.513. The molecule has 3 rings (SSSR count). The SMILES string of the molecule is O=C1CC[C@H]2CCC[C@]23CC[C@H]13. The van der Waals surface area contributed by atoms with E-state index in [0.717, 1.165) is 12.3 Å². The van der Waals surface area contributed by atoms with Crippen molar-refractivity contribution in [1.82, 2.24) is 0 Å². The molecule has 3 atom stereocenters. The van der Waals surface area contributed by atoms with E-state index >= 15 is 0 Å². The second kappa shape index (κ2) is 2.12. The van der Waals surface area contributed by atoms with Gasteiger partial charge >= 0.3 is 0 Å². The number of carbonyl (C=O) groups excluding carboxylic acids is 1. The predicted molar refractivity (Wildman–Crippen MR) is 46.7 cm³/mol. The van der Waals surface area contributed by atoms with Crippen molar-refractivity contribution in [2.75, 3.05) is 0 Å². The van der Waals surface area contributed by atoms with E-state index in [1.54, 1.807) is 0 Å². The summed E-state index contributed by atoms with van der Waals surface area (Å²) < 4.78 is 0. The summed E-state index contributed by atoms with van der Waals surface area (Å²) in [5.74, 6) is 2.05. The van der Waals surface area contributed by atoms with E-state index in [-0.39, 0.29) is 0 Å². The summed E-state index contributed by atoms with van der Waals surface area (Å²) in [6.07, 6.45) is 8.89. The van der Waals surface area contributed by atoms with Crippen molar-refractivity contribution in [2.24, 2.45) is 17.3 Å². The van der Waals surface area contributed by atoms with Gasteiger partial charge in [-0.3, -0.25) is 4.79 Å². The maximum Gasteiger partial charge on any atom is 0.136 e. The Kier molecular flexibility index (Phi) is 1.26. The van der Waals surface area contributed by atoms with Crippen LogP contribution in [0.4, 0.5) is 0 Å². The molecule has 66 valence electrons. The lowest BCUT2D eigenvalue weighted by Crippen LogP contribution is -2.50. The Labute approximate surface area is 73.5 Å². The Morgan fingerprint density at radius 1 is 1.17 bits per heavy atom. The molecule has 3 fully saturated rings. The van der Waals surface area contributed by atoms with Gasteiger partial charge in [0.2, 0.25) is 0 Å². The smallest absolute Gasteiger partial charge is 0.136 e. The molecule has 3 aliphatic carbocycles. The monoisotopic (exact) mass is 164 g/mol. The maximum absolute atomic E-state index is 11.6. The lowest BCUT2D eigenvalue weighted by Gasteiger charge is -2.53. The van der Waals surface area contributed by atoms with Gasteiger partial charge in [0.15, 0.2) is 0 Å². The topological polar surface area (TPSA) is 17.1 Å². The first-order valence-electron chi connectivity index (χ1n) is 5.36. The lowest BCUT2D eigenvalue weighted by molar-refractivity contribution is -0.143. The van der Waals surface area contributed by atoms with Crippen LogP contribution in [0.1, 0.15) is 44.9 Å². The largest absolute Gasteiger partial charge is 0.299 e. The Bertz CT molecular complexity index is 233. The van der Waals surface area contributed by atoms with Crippen molar-refractivity contribution in [3.05, 3.63) is 0 Å². The van der Waals surface area contributed by atoms with Gasteiger partial charge < -0.3 is 0 Å². The van der Waals surface area contributed by atoms with Gasteiger partial charge in [-0.05, 0) is 43.4 Å². The van der Waals surface area contributed by atoms with E-state index in [2.05, 4.69) is 0 Å². The highest BCUT2D eigenvalue weighted by atomic mass is 16.1. The Balaban J connectivity index is 1.95. The number of ketones is 1. The minimum atomic E-state index is 0.513. The molecule has 0 heterocycles. The summed E-state index contributed by atoms with van der Waals surface area (Å²) in [4.78, 5) is 11.6. The van der Waals surface area contributed by atoms with Crippen molar-refractivity contribution < 1.29 is 4.79 Å². The fourth-order valence-electron chi connectivity index (χ4n) is 4.02. The summed E-state index contributed by atoms with van der Waals surface area (Å²) in [6.45, 7) is 0. The van der Waals surface area contributed by atoms with Crippen LogP contribution in [0.15, 0.2) is 0 Å². The molecule has 1 nitrogen and oxygen atoms in total. The fraction of sp³-hybridized carbons (Fsp3) is 0.909. The van der Waals surface area contributed by atoms with Crippen LogP contribution in [-0.4, -0.2) is 5.78 Å². The first kappa shape index (κ1) is 7.11. The number of Topliss-reactive ketones (excluding diaryl/α,β-unsaturated/α-hetero) is 1. The highest BCUT2D eigenvalue weighted by Crippen LogP contribution is 2.64. The molecule has 0 amide bonds. The van der Waals surface area contributed by atoms with Gasteiger partial charge in [0.1, 0.15) is 5.78 Å². The minimum Gasteiger partial charge on any atom is -0.299 e. The van der Waals surface area contributed by atoms with E-state index < -0.39 is 0 Å². The summed E-state index contributed by atoms with van der Waals surface area (Å²) in [7, 11) is 0. The Hall–Kier alpha value is -0.330. The quantitative estimate of drug-likeness (QED) is 0.537. The van der Waals surface area contributed by atoms with Gasteiger partial charge in [-0.25, -0.2) is 0 Å². The van der Waals surface area contributed by atoms with Gasteiger partial charge in [-0.15, -0.1) is 0 Å². The highest BCUT2D eigenvalue weighted by molar-refractivity contribution is 5.84. The van der Waals surface area contributed by atoms with Crippen molar-refractivity contribution in [1.29, 1.82) is 0 Å². The zero-order chi connectivity index (χ0) is 8.18. The average molecular weight is 164 g/mol. The molecular weight excluding hydrogens is 148 g/mol. The van der Waals surface area contributed by atoms with Crippen molar-refractivity contribution in [2.45, 2.75) is 44.9 Å². The van der Waals surface area contributed by atoms with Crippen LogP contribution in [0.2, 0.25) is 0 Å². The average Bonchev–Trinajstić information content (AvgIpc) is 2.42. The number of hydrogen-bond donors (Lipinski definition) is 0. The molecule has 0 aliphatic heterocycles. The van der Waals surface area contributed by atoms with Crippen LogP contribution in [-0.2, 0) is 4.79 Å². The molecule has 12 heavy (non-hydrogen) atoms. The van der Waals surface area contributed by atoms with E-state index in [1.165, 1.54) is 38.5 Å². The van der Waals surface area contributed by atoms with Crippen LogP contribution in [0, 0.1) is 17.3 Å². The fourth-order valence-corrected chi connectivity index (χ4v) is 4.02. The second-order valence-corrected chi connectivity index (χ2v) is 4.92. The number of hydrogen-bond acceptors (Lipinski definition) is 1. The molecule has 3 aliphatic rings. The molecule has 0 radical (unpaired) electrons. The van der Waals surface area contributed by atoms with Gasteiger partial charge in [-0.1, -0.05) is 6.42 Å². The van der Waals surface area contributed by atoms with E-state index in [0.29, 0.717) is 17.1 Å². The Morgan fingerprint density at radius 3 is 2.83 bits per heavy atom. The number of rotatable bonds is 0. The second-order valence-electron chi connectivity index (χ2n) is 4.92. The molecule has 0 unspecified atom stereocenters. The zero-order valence-corrected chi connectivity index (χ0v) is 7.51. The van der Waals surface area contributed by atoms with Gasteiger partial charge in [-0.2, -0.15) is 0 Å². The van der Waals surface area contributed by atoms with Crippen LogP contribution >= 0.6 is 0 Å². The molecule has 0 N–H and O–H groups in total. The standard InChI is InChI=1S/C11H16O/c12-10-4-3-8-2-1-6-11(8)7-5-9(10)11/h8-9H,1-7H2/t8-,9-,11+/m1/s1. The first-order valence-corrected chi connectivity index (χ1v) is 5.36. The van der Waals surface area contributed by atoms with Crippen LogP contribution in [0.5, 0.6) is 0 Å². The zero-order valence-electron chi connectivity index (χ0n) is 7.51. The molecule has 0 aromatic rings. The van der Waals surface area contributed by atoms with Crippen LogP contribution in [0.3, 0.4) is 0 Å². The first-order chi connectivity index (χ1) is 5.83. The predicted octanol–water partition coefficient (Wildman–Crippen LogP) is 2.55. The number of carbonyl (C=O) groups is 1. The summed E-state index contributed by atoms with van der Waals surface area (Å²) in [5, 5.41) is 0. The van der Waals surface area contributed by atoms with Crippen LogP contribution < -0.4 is 0 Å². The lowest BCUT2D eigenvalue weighted by atomic mass is 9.50. The summed E-state index contributed by atoms with van der Waals surface area (Å²) in [6, 6.07) is 0. The van der Waals surface area contributed by atoms with Gasteiger partial charge in [0.05, 0.1) is 0 Å². The molecule has 0 saturated heterocycles. The molecule has 1 heteroatoms. The van der Waals surface area contributed by atoms with Gasteiger partial charge in [0.25, 0.3) is 0 Å². The van der Waals surface area contributed by atoms with Crippen molar-refractivity contribution >= 4 is 5.78 Å². The van der Waals surface area contributed by atoms with Crippen molar-refractivity contribution in [3.8, 4) is 0 Å². The third kappa shape index (κ3) is 0.641. The normalized spacial score (nSPS) is 51.2. The molecule has 1 spiro atoms. The van der Waals surface area contributed by atoms with Gasteiger partial charge in [0, 0.05) is 12.3 Å². The van der Waals surface area contributed by atoms with E-state index in [9.17, 15) is 4.79 Å². The highest BCUT2D eigenvalue weighted by Gasteiger charge is 2.58. The van der Waals surface area contributed by atoms with Crippen molar-refractivity contribution in [3.63, 3.8) is 0 Å². The molecule has 0 bridgehead atoms. The summed E-state index contributed by atoms with van der Waals surface area (Å²) in [5.41, 5.74) is 0.551. The van der Waals surface area contributed by atoms with E-state index in [4.69, 9.17) is 0 Å². The third-order valence-corrected chi connectivity index (χ3v) is 4.73. The van der Waals surface area contributed by atoms with E-state index in [1.807, 2.05) is 0 Å². The Morgan fingerprint density at radius 2 is 2.08 bits per heavy atom. The molecule has 0 aromatic carbocycles.